The molecule has 132 valence electrons. The number of aryl methyl sites for hydroxylation is 1. The Hall–Kier alpha value is -2.34. The summed E-state index contributed by atoms with van der Waals surface area (Å²) in [6.45, 7) is 5.80. The molecule has 0 aliphatic carbocycles. The molecule has 0 unspecified atom stereocenters. The Morgan fingerprint density at radius 3 is 2.40 bits per heavy atom. The second-order valence-electron chi connectivity index (χ2n) is 6.36. The number of hydrogen-bond donors (Lipinski definition) is 0. The van der Waals surface area contributed by atoms with Gasteiger partial charge in [-0.15, -0.1) is 0 Å². The van der Waals surface area contributed by atoms with Crippen LogP contribution in [0.4, 0.5) is 5.69 Å². The Kier molecular flexibility index (Phi) is 4.56. The van der Waals surface area contributed by atoms with E-state index in [1.54, 1.807) is 36.4 Å². The maximum absolute atomic E-state index is 13.1. The first kappa shape index (κ1) is 17.5. The first-order valence-electron chi connectivity index (χ1n) is 8.23. The molecule has 1 heterocycles. The highest BCUT2D eigenvalue weighted by Gasteiger charge is 2.33. The molecular weight excluding hydrogens is 338 g/mol. The minimum Gasteiger partial charge on any atom is -0.491 e. The van der Waals surface area contributed by atoms with Gasteiger partial charge in [-0.25, -0.2) is 8.42 Å². The number of sulfonamides is 1. The SMILES string of the molecule is Cc1cccc2c1N(S(=O)(=O)c1ccc(OC(C)C)cc1)CCC2=O. The van der Waals surface area contributed by atoms with E-state index in [1.165, 1.54) is 4.31 Å². The summed E-state index contributed by atoms with van der Waals surface area (Å²) in [7, 11) is -3.74. The third-order valence-corrected chi connectivity index (χ3v) is 5.93. The molecule has 2 aromatic rings. The van der Waals surface area contributed by atoms with E-state index in [1.807, 2.05) is 26.8 Å². The number of nitrogens with zero attached hydrogens (tertiary/aromatic N) is 1. The number of carbonyl (C=O) groups is 1. The highest BCUT2D eigenvalue weighted by molar-refractivity contribution is 7.92. The molecule has 1 aliphatic rings. The van der Waals surface area contributed by atoms with Gasteiger partial charge in [-0.1, -0.05) is 12.1 Å². The van der Waals surface area contributed by atoms with Gasteiger partial charge in [-0.2, -0.15) is 0 Å². The van der Waals surface area contributed by atoms with Gasteiger partial charge in [0.05, 0.1) is 16.7 Å². The predicted molar refractivity (Wildman–Crippen MR) is 96.9 cm³/mol. The Balaban J connectivity index is 2.02. The summed E-state index contributed by atoms with van der Waals surface area (Å²) in [5.41, 5.74) is 1.73. The summed E-state index contributed by atoms with van der Waals surface area (Å²) < 4.78 is 33.1. The average molecular weight is 359 g/mol. The highest BCUT2D eigenvalue weighted by atomic mass is 32.2. The molecule has 0 amide bonds. The number of benzene rings is 2. The van der Waals surface area contributed by atoms with Gasteiger partial charge in [-0.05, 0) is 56.7 Å². The third kappa shape index (κ3) is 3.26. The molecule has 0 radical (unpaired) electrons. The Morgan fingerprint density at radius 2 is 1.76 bits per heavy atom. The van der Waals surface area contributed by atoms with Gasteiger partial charge in [-0.3, -0.25) is 9.10 Å². The number of Topliss-reactive ketones (excluding diaryl/α,β-unsaturated/α-hetero) is 1. The fourth-order valence-corrected chi connectivity index (χ4v) is 4.54. The predicted octanol–water partition coefficient (Wildman–Crippen LogP) is 3.56. The zero-order chi connectivity index (χ0) is 18.2. The number of ketones is 1. The number of fused-ring (bicyclic) bond motifs is 1. The maximum Gasteiger partial charge on any atom is 0.264 e. The molecule has 0 atom stereocenters. The van der Waals surface area contributed by atoms with Crippen molar-refractivity contribution in [3.63, 3.8) is 0 Å². The molecule has 0 saturated heterocycles. The fourth-order valence-electron chi connectivity index (χ4n) is 2.99. The van der Waals surface area contributed by atoms with Crippen LogP contribution in [0.5, 0.6) is 5.75 Å². The number of para-hydroxylation sites is 1. The minimum atomic E-state index is -3.74. The summed E-state index contributed by atoms with van der Waals surface area (Å²) in [5.74, 6) is 0.602. The topological polar surface area (TPSA) is 63.7 Å². The largest absolute Gasteiger partial charge is 0.491 e. The summed E-state index contributed by atoms with van der Waals surface area (Å²) >= 11 is 0. The van der Waals surface area contributed by atoms with Crippen molar-refractivity contribution in [3.05, 3.63) is 53.6 Å². The monoisotopic (exact) mass is 359 g/mol. The van der Waals surface area contributed by atoms with E-state index in [0.29, 0.717) is 17.0 Å². The lowest BCUT2D eigenvalue weighted by Crippen LogP contribution is -2.38. The molecule has 3 rings (SSSR count). The molecular formula is C19H21NO4S. The Bertz CT molecular complexity index is 902. The third-order valence-electron chi connectivity index (χ3n) is 4.11. The van der Waals surface area contributed by atoms with Crippen molar-refractivity contribution in [3.8, 4) is 5.75 Å². The molecule has 0 fully saturated rings. The smallest absolute Gasteiger partial charge is 0.264 e. The lowest BCUT2D eigenvalue weighted by molar-refractivity contribution is 0.0982. The van der Waals surface area contributed by atoms with Crippen molar-refractivity contribution < 1.29 is 17.9 Å². The standard InChI is InChI=1S/C19H21NO4S/c1-13(2)24-15-7-9-16(10-8-15)25(22,23)20-12-11-18(21)17-6-4-5-14(3)19(17)20/h4-10,13H,11-12H2,1-3H3. The van der Waals surface area contributed by atoms with Gasteiger partial charge >= 0.3 is 0 Å². The van der Waals surface area contributed by atoms with Crippen LogP contribution in [-0.2, 0) is 10.0 Å². The first-order valence-corrected chi connectivity index (χ1v) is 9.67. The number of anilines is 1. The van der Waals surface area contributed by atoms with Crippen molar-refractivity contribution in [1.82, 2.24) is 0 Å². The van der Waals surface area contributed by atoms with Crippen molar-refractivity contribution >= 4 is 21.5 Å². The quantitative estimate of drug-likeness (QED) is 0.837. The van der Waals surface area contributed by atoms with E-state index in [2.05, 4.69) is 0 Å². The van der Waals surface area contributed by atoms with Gasteiger partial charge in [0.25, 0.3) is 10.0 Å². The molecule has 0 aromatic heterocycles. The summed E-state index contributed by atoms with van der Waals surface area (Å²) in [6.07, 6.45) is 0.203. The molecule has 1 aliphatic heterocycles. The van der Waals surface area contributed by atoms with Gasteiger partial charge in [0.1, 0.15) is 5.75 Å². The van der Waals surface area contributed by atoms with Crippen LogP contribution in [0.2, 0.25) is 0 Å². The molecule has 5 nitrogen and oxygen atoms in total. The van der Waals surface area contributed by atoms with Crippen LogP contribution < -0.4 is 9.04 Å². The summed E-state index contributed by atoms with van der Waals surface area (Å²) in [4.78, 5) is 12.3. The van der Waals surface area contributed by atoms with E-state index in [0.717, 1.165) is 5.56 Å². The zero-order valence-corrected chi connectivity index (χ0v) is 15.3. The summed E-state index contributed by atoms with van der Waals surface area (Å²) in [6, 6.07) is 11.7. The number of rotatable bonds is 4. The molecule has 6 heteroatoms. The fraction of sp³-hybridized carbons (Fsp3) is 0.316. The summed E-state index contributed by atoms with van der Waals surface area (Å²) in [5, 5.41) is 0. The van der Waals surface area contributed by atoms with Gasteiger partial charge in [0, 0.05) is 18.5 Å². The lowest BCUT2D eigenvalue weighted by atomic mass is 9.99. The van der Waals surface area contributed by atoms with Crippen molar-refractivity contribution in [2.45, 2.75) is 38.2 Å². The van der Waals surface area contributed by atoms with E-state index in [4.69, 9.17) is 4.74 Å². The highest BCUT2D eigenvalue weighted by Crippen LogP contribution is 2.35. The number of ether oxygens (including phenoxy) is 1. The van der Waals surface area contributed by atoms with Crippen molar-refractivity contribution in [2.75, 3.05) is 10.8 Å². The van der Waals surface area contributed by atoms with Gasteiger partial charge in [0.15, 0.2) is 5.78 Å². The molecule has 0 N–H and O–H groups in total. The maximum atomic E-state index is 13.1. The first-order chi connectivity index (χ1) is 11.8. The molecule has 0 spiro atoms. The van der Waals surface area contributed by atoms with E-state index >= 15 is 0 Å². The molecule has 25 heavy (non-hydrogen) atoms. The second-order valence-corrected chi connectivity index (χ2v) is 8.22. The van der Waals surface area contributed by atoms with Crippen LogP contribution in [0.1, 0.15) is 36.2 Å². The van der Waals surface area contributed by atoms with E-state index < -0.39 is 10.0 Å². The van der Waals surface area contributed by atoms with Crippen LogP contribution in [0.3, 0.4) is 0 Å². The van der Waals surface area contributed by atoms with Crippen LogP contribution in [0.25, 0.3) is 0 Å². The molecule has 0 saturated carbocycles. The Labute approximate surface area is 148 Å². The normalized spacial score (nSPS) is 14.6. The lowest BCUT2D eigenvalue weighted by Gasteiger charge is -2.31. The van der Waals surface area contributed by atoms with Crippen LogP contribution >= 0.6 is 0 Å². The van der Waals surface area contributed by atoms with E-state index in [-0.39, 0.29) is 29.7 Å². The van der Waals surface area contributed by atoms with Crippen LogP contribution in [0.15, 0.2) is 47.4 Å². The van der Waals surface area contributed by atoms with Crippen LogP contribution in [0, 0.1) is 6.92 Å². The van der Waals surface area contributed by atoms with Crippen LogP contribution in [-0.4, -0.2) is 26.8 Å². The average Bonchev–Trinajstić information content (AvgIpc) is 2.56. The Morgan fingerprint density at radius 1 is 1.08 bits per heavy atom. The van der Waals surface area contributed by atoms with Crippen molar-refractivity contribution in [2.24, 2.45) is 0 Å². The van der Waals surface area contributed by atoms with E-state index in [9.17, 15) is 13.2 Å². The number of hydrogen-bond acceptors (Lipinski definition) is 4. The zero-order valence-electron chi connectivity index (χ0n) is 14.5. The minimum absolute atomic E-state index is 0.0186. The second kappa shape index (κ2) is 6.52. The van der Waals surface area contributed by atoms with Crippen molar-refractivity contribution in [1.29, 1.82) is 0 Å². The van der Waals surface area contributed by atoms with Gasteiger partial charge in [0.2, 0.25) is 0 Å². The van der Waals surface area contributed by atoms with Gasteiger partial charge < -0.3 is 4.74 Å². The number of carbonyl (C=O) groups excluding carboxylic acids is 1. The molecule has 0 bridgehead atoms. The molecule has 2 aromatic carbocycles.